The summed E-state index contributed by atoms with van der Waals surface area (Å²) in [5.41, 5.74) is -0.194. The number of piperazine rings is 1. The highest BCUT2D eigenvalue weighted by Gasteiger charge is 2.40. The molecule has 0 N–H and O–H groups in total. The quantitative estimate of drug-likeness (QED) is 0.714. The van der Waals surface area contributed by atoms with Gasteiger partial charge >= 0.3 is 6.18 Å². The summed E-state index contributed by atoms with van der Waals surface area (Å²) in [7, 11) is 3.24. The lowest BCUT2D eigenvalue weighted by atomic mass is 10.1. The molecule has 0 aromatic heterocycles. The number of likely N-dealkylation sites (N-methyl/N-ethyl adjacent to an activating group) is 1. The normalized spacial score (nSPS) is 17.4. The summed E-state index contributed by atoms with van der Waals surface area (Å²) in [4.78, 5) is 21.9. The fourth-order valence-corrected chi connectivity index (χ4v) is 3.86. The van der Waals surface area contributed by atoms with Gasteiger partial charge in [-0.15, -0.1) is 0 Å². The number of aromatic nitrogens is 2. The molecular formula is C21H30F3N5O. The Balaban J connectivity index is 1.87. The maximum Gasteiger partial charge on any atom is 0.433 e. The van der Waals surface area contributed by atoms with Crippen molar-refractivity contribution in [1.82, 2.24) is 24.3 Å². The van der Waals surface area contributed by atoms with Crippen LogP contribution in [0, 0.1) is 0 Å². The minimum atomic E-state index is -4.55. The van der Waals surface area contributed by atoms with Crippen LogP contribution in [0.1, 0.15) is 31.5 Å². The monoisotopic (exact) mass is 425 g/mol. The minimum absolute atomic E-state index is 0.0499. The van der Waals surface area contributed by atoms with Crippen LogP contribution in [-0.4, -0.2) is 76.5 Å². The van der Waals surface area contributed by atoms with Crippen LogP contribution >= 0.6 is 0 Å². The largest absolute Gasteiger partial charge is 0.433 e. The van der Waals surface area contributed by atoms with E-state index in [1.165, 1.54) is 9.47 Å². The molecule has 0 saturated carbocycles. The first-order valence-electron chi connectivity index (χ1n) is 10.3. The van der Waals surface area contributed by atoms with E-state index in [-0.39, 0.29) is 30.4 Å². The molecule has 6 nitrogen and oxygen atoms in total. The second kappa shape index (κ2) is 8.93. The van der Waals surface area contributed by atoms with Gasteiger partial charge in [-0.1, -0.05) is 6.92 Å². The van der Waals surface area contributed by atoms with Gasteiger partial charge < -0.3 is 9.47 Å². The Bertz CT molecular complexity index is 840. The van der Waals surface area contributed by atoms with Crippen LogP contribution in [0.3, 0.4) is 0 Å². The van der Waals surface area contributed by atoms with Crippen LogP contribution in [0.5, 0.6) is 0 Å². The zero-order valence-corrected chi connectivity index (χ0v) is 18.0. The van der Waals surface area contributed by atoms with Crippen molar-refractivity contribution in [3.8, 4) is 11.4 Å². The number of alkyl halides is 3. The molecule has 3 aliphatic rings. The molecule has 0 radical (unpaired) electrons. The predicted octanol–water partition coefficient (Wildman–Crippen LogP) is 3.01. The third kappa shape index (κ3) is 4.78. The number of carbonyl (C=O) groups is 1. The molecule has 30 heavy (non-hydrogen) atoms. The van der Waals surface area contributed by atoms with Gasteiger partial charge in [0.15, 0.2) is 5.69 Å². The Hall–Kier alpha value is -2.13. The molecule has 0 aromatic carbocycles. The van der Waals surface area contributed by atoms with E-state index in [0.29, 0.717) is 11.6 Å². The lowest BCUT2D eigenvalue weighted by Gasteiger charge is -2.38. The van der Waals surface area contributed by atoms with Crippen LogP contribution in [0.25, 0.3) is 11.4 Å². The van der Waals surface area contributed by atoms with Crippen molar-refractivity contribution in [1.29, 1.82) is 0 Å². The van der Waals surface area contributed by atoms with Crippen LogP contribution in [0.2, 0.25) is 0 Å². The maximum atomic E-state index is 13.8. The number of hydrogen-bond donors (Lipinski definition) is 0. The van der Waals surface area contributed by atoms with Gasteiger partial charge in [0.2, 0.25) is 5.91 Å². The van der Waals surface area contributed by atoms with E-state index in [2.05, 4.69) is 28.6 Å². The van der Waals surface area contributed by atoms with E-state index in [1.54, 1.807) is 32.4 Å². The van der Waals surface area contributed by atoms with E-state index in [4.69, 9.17) is 0 Å². The Kier molecular flexibility index (Phi) is 6.71. The number of nitrogens with zero attached hydrogens (tertiary/aromatic N) is 5. The predicted molar refractivity (Wildman–Crippen MR) is 109 cm³/mol. The molecule has 3 aliphatic heterocycles. The van der Waals surface area contributed by atoms with Crippen LogP contribution < -0.4 is 0 Å². The number of halogens is 3. The highest BCUT2D eigenvalue weighted by Crippen LogP contribution is 2.39. The summed E-state index contributed by atoms with van der Waals surface area (Å²) < 4.78 is 42.9. The number of carbonyl (C=O) groups excluding carboxylic acids is 1. The summed E-state index contributed by atoms with van der Waals surface area (Å²) >= 11 is 0. The summed E-state index contributed by atoms with van der Waals surface area (Å²) in [5.74, 6) is 0.0000377. The summed E-state index contributed by atoms with van der Waals surface area (Å²) in [6.45, 7) is 7.61. The molecule has 3 rings (SSSR count). The van der Waals surface area contributed by atoms with E-state index < -0.39 is 11.9 Å². The second-order valence-corrected chi connectivity index (χ2v) is 8.17. The van der Waals surface area contributed by atoms with Crippen molar-refractivity contribution in [2.45, 2.75) is 45.6 Å². The van der Waals surface area contributed by atoms with Crippen molar-refractivity contribution in [3.05, 3.63) is 29.6 Å². The summed E-state index contributed by atoms with van der Waals surface area (Å²) in [6, 6.07) is 3.82. The standard InChI is InChI=1S/C21H30F3N5O/c1-5-15(2)28-11-9-27(10-12-28)13-17-16-7-6-8-29(14-18(30)26(3)4)20(16)25-19(17)21(22,23)24/h6-8,15H,5,9-14H2,1-4H3/t15-/m1/s1. The molecule has 166 valence electrons. The fraction of sp³-hybridized carbons (Fsp3) is 0.619. The minimum Gasteiger partial charge on any atom is -0.347 e. The van der Waals surface area contributed by atoms with Gasteiger partial charge in [-0.2, -0.15) is 13.2 Å². The number of rotatable bonds is 6. The molecule has 9 heteroatoms. The highest BCUT2D eigenvalue weighted by molar-refractivity contribution is 5.76. The molecule has 0 aliphatic carbocycles. The summed E-state index contributed by atoms with van der Waals surface area (Å²) in [6.07, 6.45) is -1.89. The lowest BCUT2D eigenvalue weighted by molar-refractivity contribution is -0.141. The van der Waals surface area contributed by atoms with Gasteiger partial charge in [-0.05, 0) is 25.5 Å². The van der Waals surface area contributed by atoms with E-state index >= 15 is 0 Å². The molecule has 0 unspecified atom stereocenters. The molecule has 1 amide bonds. The average Bonchev–Trinajstić information content (AvgIpc) is 3.08. The molecule has 1 atom stereocenters. The topological polar surface area (TPSA) is 44.6 Å². The van der Waals surface area contributed by atoms with Crippen molar-refractivity contribution in [3.63, 3.8) is 0 Å². The Morgan fingerprint density at radius 3 is 2.47 bits per heavy atom. The summed E-state index contributed by atoms with van der Waals surface area (Å²) in [5, 5.41) is 0. The zero-order valence-electron chi connectivity index (χ0n) is 18.0. The van der Waals surface area contributed by atoms with Gasteiger partial charge in [0, 0.05) is 70.2 Å². The Morgan fingerprint density at radius 1 is 1.23 bits per heavy atom. The molecule has 0 spiro atoms. The molecule has 0 bridgehead atoms. The number of hydrogen-bond acceptors (Lipinski definition) is 4. The van der Waals surface area contributed by atoms with Gasteiger partial charge in [0.1, 0.15) is 12.4 Å². The molecule has 3 heterocycles. The average molecular weight is 425 g/mol. The maximum absolute atomic E-state index is 13.8. The fourth-order valence-electron chi connectivity index (χ4n) is 3.86. The second-order valence-electron chi connectivity index (χ2n) is 8.17. The number of fused-ring (bicyclic) bond motifs is 1. The van der Waals surface area contributed by atoms with Gasteiger partial charge in [0.25, 0.3) is 0 Å². The first kappa shape index (κ1) is 22.6. The van der Waals surface area contributed by atoms with Crippen molar-refractivity contribution in [2.75, 3.05) is 40.3 Å². The zero-order chi connectivity index (χ0) is 22.1. The molecular weight excluding hydrogens is 395 g/mol. The smallest absolute Gasteiger partial charge is 0.347 e. The van der Waals surface area contributed by atoms with E-state index in [9.17, 15) is 18.0 Å². The Labute approximate surface area is 175 Å². The number of pyridine rings is 1. The lowest BCUT2D eigenvalue weighted by Crippen LogP contribution is -2.49. The van der Waals surface area contributed by atoms with Crippen molar-refractivity contribution in [2.24, 2.45) is 0 Å². The SMILES string of the molecule is CC[C@@H](C)N1CCN(Cc2c3cccn(CC(=O)N(C)C)c-3nc2C(F)(F)F)CC1. The van der Waals surface area contributed by atoms with Crippen LogP contribution in [0.4, 0.5) is 13.2 Å². The molecule has 1 saturated heterocycles. The third-order valence-corrected chi connectivity index (χ3v) is 5.95. The van der Waals surface area contributed by atoms with Gasteiger partial charge in [-0.25, -0.2) is 4.98 Å². The number of amides is 1. The van der Waals surface area contributed by atoms with Gasteiger partial charge in [-0.3, -0.25) is 14.6 Å². The van der Waals surface area contributed by atoms with Crippen molar-refractivity contribution >= 4 is 5.91 Å². The molecule has 0 aromatic rings. The first-order chi connectivity index (χ1) is 14.1. The third-order valence-electron chi connectivity index (χ3n) is 5.95. The first-order valence-corrected chi connectivity index (χ1v) is 10.3. The molecule has 1 fully saturated rings. The van der Waals surface area contributed by atoms with Crippen LogP contribution in [0.15, 0.2) is 18.3 Å². The Morgan fingerprint density at radius 2 is 1.90 bits per heavy atom. The van der Waals surface area contributed by atoms with Crippen molar-refractivity contribution < 1.29 is 18.0 Å². The van der Waals surface area contributed by atoms with Crippen LogP contribution in [-0.2, 0) is 24.1 Å². The van der Waals surface area contributed by atoms with E-state index in [1.807, 2.05) is 0 Å². The highest BCUT2D eigenvalue weighted by atomic mass is 19.4. The van der Waals surface area contributed by atoms with E-state index in [0.717, 1.165) is 32.6 Å². The van der Waals surface area contributed by atoms with Gasteiger partial charge in [0.05, 0.1) is 0 Å².